The third kappa shape index (κ3) is 6.04. The van der Waals surface area contributed by atoms with Gasteiger partial charge in [-0.15, -0.1) is 12.4 Å². The number of phenols is 1. The van der Waals surface area contributed by atoms with Crippen LogP contribution in [0.1, 0.15) is 70.8 Å². The van der Waals surface area contributed by atoms with Crippen molar-refractivity contribution >= 4 is 12.4 Å². The van der Waals surface area contributed by atoms with E-state index in [2.05, 4.69) is 0 Å². The first kappa shape index (κ1) is 24.0. The van der Waals surface area contributed by atoms with Crippen LogP contribution in [-0.4, -0.2) is 22.4 Å². The van der Waals surface area contributed by atoms with E-state index >= 15 is 0 Å². The molecule has 146 valence electrons. The Morgan fingerprint density at radius 2 is 1.32 bits per heavy atom. The molecular formula is C18H29ClF3NO2. The van der Waals surface area contributed by atoms with Crippen molar-refractivity contribution in [1.82, 2.24) is 0 Å². The Morgan fingerprint density at radius 1 is 0.960 bits per heavy atom. The van der Waals surface area contributed by atoms with Crippen LogP contribution in [0.15, 0.2) is 12.1 Å². The number of benzene rings is 1. The van der Waals surface area contributed by atoms with Crippen LogP contribution in [0.2, 0.25) is 0 Å². The Labute approximate surface area is 153 Å². The Kier molecular flexibility index (Phi) is 7.42. The van der Waals surface area contributed by atoms with E-state index in [1.165, 1.54) is 0 Å². The van der Waals surface area contributed by atoms with Gasteiger partial charge >= 0.3 is 6.18 Å². The van der Waals surface area contributed by atoms with Crippen molar-refractivity contribution in [3.63, 3.8) is 0 Å². The fourth-order valence-corrected chi connectivity index (χ4v) is 2.50. The predicted octanol–water partition coefficient (Wildman–Crippen LogP) is 4.72. The molecule has 25 heavy (non-hydrogen) atoms. The zero-order valence-electron chi connectivity index (χ0n) is 15.5. The van der Waals surface area contributed by atoms with E-state index in [1.807, 2.05) is 41.5 Å². The lowest BCUT2D eigenvalue weighted by Gasteiger charge is -2.29. The summed E-state index contributed by atoms with van der Waals surface area (Å²) in [5.74, 6) is 0.117. The highest BCUT2D eigenvalue weighted by Gasteiger charge is 2.38. The number of nitrogens with two attached hydrogens (primary N) is 1. The molecule has 0 aliphatic rings. The quantitative estimate of drug-likeness (QED) is 0.707. The van der Waals surface area contributed by atoms with Gasteiger partial charge in [-0.05, 0) is 39.7 Å². The van der Waals surface area contributed by atoms with Crippen molar-refractivity contribution in [3.05, 3.63) is 28.8 Å². The zero-order chi connectivity index (χ0) is 19.1. The van der Waals surface area contributed by atoms with E-state index in [4.69, 9.17) is 5.73 Å². The second kappa shape index (κ2) is 7.72. The van der Waals surface area contributed by atoms with Gasteiger partial charge < -0.3 is 15.9 Å². The van der Waals surface area contributed by atoms with E-state index in [9.17, 15) is 23.4 Å². The summed E-state index contributed by atoms with van der Waals surface area (Å²) in [6.07, 6.45) is -6.54. The van der Waals surface area contributed by atoms with Gasteiger partial charge in [-0.3, -0.25) is 0 Å². The number of phenolic OH excluding ortho intramolecular Hbond substituents is 1. The van der Waals surface area contributed by atoms with Crippen molar-refractivity contribution in [2.45, 2.75) is 77.1 Å². The normalized spacial score (nSPS) is 15.5. The highest BCUT2D eigenvalue weighted by atomic mass is 35.5. The summed E-state index contributed by atoms with van der Waals surface area (Å²) in [4.78, 5) is 0. The molecule has 4 N–H and O–H groups in total. The third-order valence-corrected chi connectivity index (χ3v) is 4.03. The van der Waals surface area contributed by atoms with Crippen molar-refractivity contribution in [2.75, 3.05) is 0 Å². The van der Waals surface area contributed by atoms with Crippen LogP contribution in [0, 0.1) is 0 Å². The standard InChI is InChI=1S/C18H28F3NO2.ClH/c1-16(2,3)11-7-10(8-12(15(11)24)17(4,5)6)13(23)9-14(22)18(19,20)21;/h7-8,13-14,23-24H,9,22H2,1-6H3;1H/t13-,14+;/m0./s1. The molecule has 0 heterocycles. The number of halogens is 4. The Balaban J connectivity index is 0.00000576. The topological polar surface area (TPSA) is 66.5 Å². The number of aliphatic hydroxyl groups is 1. The van der Waals surface area contributed by atoms with E-state index in [1.54, 1.807) is 12.1 Å². The zero-order valence-corrected chi connectivity index (χ0v) is 16.3. The summed E-state index contributed by atoms with van der Waals surface area (Å²) in [7, 11) is 0. The number of alkyl halides is 3. The highest BCUT2D eigenvalue weighted by Crippen LogP contribution is 2.41. The number of hydrogen-bond acceptors (Lipinski definition) is 3. The van der Waals surface area contributed by atoms with Crippen LogP contribution in [0.4, 0.5) is 13.2 Å². The fraction of sp³-hybridized carbons (Fsp3) is 0.667. The molecular weight excluding hydrogens is 355 g/mol. The predicted molar refractivity (Wildman–Crippen MR) is 96.4 cm³/mol. The van der Waals surface area contributed by atoms with Crippen molar-refractivity contribution in [3.8, 4) is 5.75 Å². The maximum absolute atomic E-state index is 12.7. The summed E-state index contributed by atoms with van der Waals surface area (Å²) < 4.78 is 38.0. The maximum atomic E-state index is 12.7. The molecule has 1 rings (SSSR count). The van der Waals surface area contributed by atoms with Crippen LogP contribution in [0.3, 0.4) is 0 Å². The van der Waals surface area contributed by atoms with Gasteiger partial charge in [-0.1, -0.05) is 41.5 Å². The maximum Gasteiger partial charge on any atom is 0.403 e. The molecule has 0 saturated carbocycles. The van der Waals surface area contributed by atoms with E-state index in [0.29, 0.717) is 16.7 Å². The summed E-state index contributed by atoms with van der Waals surface area (Å²) in [6, 6.07) is 1.04. The van der Waals surface area contributed by atoms with Crippen LogP contribution >= 0.6 is 12.4 Å². The minimum atomic E-state index is -4.56. The summed E-state index contributed by atoms with van der Waals surface area (Å²) in [6.45, 7) is 11.4. The summed E-state index contributed by atoms with van der Waals surface area (Å²) in [5, 5.41) is 20.9. The first-order chi connectivity index (χ1) is 10.5. The molecule has 2 atom stereocenters. The Bertz CT molecular complexity index is 554. The van der Waals surface area contributed by atoms with Gasteiger partial charge in [0.1, 0.15) is 11.8 Å². The van der Waals surface area contributed by atoms with Gasteiger partial charge in [-0.2, -0.15) is 13.2 Å². The van der Waals surface area contributed by atoms with Crippen molar-refractivity contribution in [2.24, 2.45) is 5.73 Å². The van der Waals surface area contributed by atoms with Gasteiger partial charge in [0.15, 0.2) is 0 Å². The second-order valence-electron chi connectivity index (χ2n) is 8.36. The molecule has 7 heteroatoms. The first-order valence-corrected chi connectivity index (χ1v) is 7.93. The molecule has 0 bridgehead atoms. The molecule has 0 spiro atoms. The average Bonchev–Trinajstić information content (AvgIpc) is 2.34. The van der Waals surface area contributed by atoms with Crippen LogP contribution in [0.5, 0.6) is 5.75 Å². The lowest BCUT2D eigenvalue weighted by Crippen LogP contribution is -2.38. The third-order valence-electron chi connectivity index (χ3n) is 4.03. The molecule has 0 aromatic heterocycles. The van der Waals surface area contributed by atoms with Crippen LogP contribution in [0.25, 0.3) is 0 Å². The molecule has 0 unspecified atom stereocenters. The molecule has 0 aliphatic heterocycles. The molecule has 0 amide bonds. The first-order valence-electron chi connectivity index (χ1n) is 7.93. The second-order valence-corrected chi connectivity index (χ2v) is 8.36. The molecule has 1 aromatic carbocycles. The number of aromatic hydroxyl groups is 1. The van der Waals surface area contributed by atoms with Crippen LogP contribution in [-0.2, 0) is 10.8 Å². The van der Waals surface area contributed by atoms with Gasteiger partial charge in [0.25, 0.3) is 0 Å². The highest BCUT2D eigenvalue weighted by molar-refractivity contribution is 5.85. The van der Waals surface area contributed by atoms with E-state index < -0.39 is 35.6 Å². The van der Waals surface area contributed by atoms with Gasteiger partial charge in [-0.25, -0.2) is 0 Å². The minimum absolute atomic E-state index is 0. The molecule has 0 radical (unpaired) electrons. The molecule has 3 nitrogen and oxygen atoms in total. The molecule has 0 fully saturated rings. The summed E-state index contributed by atoms with van der Waals surface area (Å²) >= 11 is 0. The fourth-order valence-electron chi connectivity index (χ4n) is 2.50. The minimum Gasteiger partial charge on any atom is -0.507 e. The van der Waals surface area contributed by atoms with E-state index in [0.717, 1.165) is 0 Å². The summed E-state index contributed by atoms with van der Waals surface area (Å²) in [5.41, 5.74) is 5.79. The van der Waals surface area contributed by atoms with E-state index in [-0.39, 0.29) is 18.2 Å². The van der Waals surface area contributed by atoms with Gasteiger partial charge in [0.2, 0.25) is 0 Å². The molecule has 1 aromatic rings. The van der Waals surface area contributed by atoms with Gasteiger partial charge in [0.05, 0.1) is 6.10 Å². The van der Waals surface area contributed by atoms with Crippen LogP contribution < -0.4 is 5.73 Å². The molecule has 0 aliphatic carbocycles. The lowest BCUT2D eigenvalue weighted by molar-refractivity contribution is -0.153. The van der Waals surface area contributed by atoms with Crippen molar-refractivity contribution < 1.29 is 23.4 Å². The monoisotopic (exact) mass is 383 g/mol. The Morgan fingerprint density at radius 3 is 1.60 bits per heavy atom. The number of rotatable bonds is 3. The smallest absolute Gasteiger partial charge is 0.403 e. The van der Waals surface area contributed by atoms with Crippen molar-refractivity contribution in [1.29, 1.82) is 0 Å². The Hall–Kier alpha value is -0.980. The average molecular weight is 384 g/mol. The largest absolute Gasteiger partial charge is 0.507 e. The number of aliphatic hydroxyl groups excluding tert-OH is 1. The number of hydrogen-bond donors (Lipinski definition) is 3. The molecule has 0 saturated heterocycles. The van der Waals surface area contributed by atoms with Gasteiger partial charge in [0, 0.05) is 6.42 Å². The lowest BCUT2D eigenvalue weighted by atomic mass is 9.77. The SMILES string of the molecule is CC(C)(C)c1cc([C@@H](O)C[C@@H](N)C(F)(F)F)cc(C(C)(C)C)c1O.Cl.